The predicted octanol–water partition coefficient (Wildman–Crippen LogP) is 5.36. The van der Waals surface area contributed by atoms with E-state index in [0.717, 1.165) is 55.6 Å². The second-order valence-electron chi connectivity index (χ2n) is 10.8. The van der Waals surface area contributed by atoms with Crippen LogP contribution in [0, 0.1) is 11.7 Å². The van der Waals surface area contributed by atoms with Crippen molar-refractivity contribution in [2.45, 2.75) is 43.6 Å². The van der Waals surface area contributed by atoms with E-state index in [1.165, 1.54) is 12.1 Å². The largest absolute Gasteiger partial charge is 0.341 e. The second kappa shape index (κ2) is 10.2. The van der Waals surface area contributed by atoms with Crippen molar-refractivity contribution in [1.29, 1.82) is 0 Å². The molecule has 4 nitrogen and oxygen atoms in total. The van der Waals surface area contributed by atoms with Crippen LogP contribution in [0.1, 0.15) is 42.9 Å². The highest BCUT2D eigenvalue weighted by atomic mass is 19.1. The molecule has 37 heavy (non-hydrogen) atoms. The van der Waals surface area contributed by atoms with Crippen molar-refractivity contribution in [2.24, 2.45) is 5.92 Å². The molecule has 192 valence electrons. The van der Waals surface area contributed by atoms with E-state index in [1.807, 2.05) is 43.4 Å². The zero-order valence-electron chi connectivity index (χ0n) is 21.7. The monoisotopic (exact) mass is 498 g/mol. The van der Waals surface area contributed by atoms with E-state index in [4.69, 9.17) is 0 Å². The number of ketones is 1. The Kier molecular flexibility index (Phi) is 7.00. The fourth-order valence-electron chi connectivity index (χ4n) is 6.33. The van der Waals surface area contributed by atoms with Crippen LogP contribution < -0.4 is 0 Å². The lowest BCUT2D eigenvalue weighted by Crippen LogP contribution is -2.47. The molecule has 2 aliphatic rings. The minimum Gasteiger partial charge on any atom is -0.341 e. The fraction of sp³-hybridized carbons (Fsp3) is 0.375. The van der Waals surface area contributed by atoms with E-state index >= 15 is 0 Å². The van der Waals surface area contributed by atoms with Gasteiger partial charge in [0, 0.05) is 20.1 Å². The van der Waals surface area contributed by atoms with Crippen molar-refractivity contribution in [2.75, 3.05) is 26.7 Å². The first-order valence-corrected chi connectivity index (χ1v) is 13.2. The normalized spacial score (nSPS) is 22.8. The van der Waals surface area contributed by atoms with Crippen LogP contribution in [0.5, 0.6) is 0 Å². The van der Waals surface area contributed by atoms with Crippen LogP contribution in [0.25, 0.3) is 0 Å². The number of rotatable bonds is 8. The number of amides is 1. The van der Waals surface area contributed by atoms with Crippen molar-refractivity contribution in [3.05, 3.63) is 107 Å². The van der Waals surface area contributed by atoms with Gasteiger partial charge in [-0.3, -0.25) is 9.59 Å². The molecule has 2 fully saturated rings. The average Bonchev–Trinajstić information content (AvgIpc) is 3.65. The topological polar surface area (TPSA) is 40.6 Å². The van der Waals surface area contributed by atoms with Crippen LogP contribution in [0.3, 0.4) is 0 Å². The zero-order valence-corrected chi connectivity index (χ0v) is 21.7. The Morgan fingerprint density at radius 3 is 2.03 bits per heavy atom. The van der Waals surface area contributed by atoms with Gasteiger partial charge >= 0.3 is 0 Å². The van der Waals surface area contributed by atoms with Gasteiger partial charge in [0.15, 0.2) is 0 Å². The third-order valence-electron chi connectivity index (χ3n) is 8.64. The maximum absolute atomic E-state index is 13.9. The number of nitrogens with zero attached hydrogens (tertiary/aromatic N) is 2. The van der Waals surface area contributed by atoms with Crippen LogP contribution in [0.15, 0.2) is 84.9 Å². The molecular formula is C32H35FN2O2. The Labute approximate surface area is 219 Å². The van der Waals surface area contributed by atoms with E-state index in [0.29, 0.717) is 6.54 Å². The highest BCUT2D eigenvalue weighted by Gasteiger charge is 2.62. The van der Waals surface area contributed by atoms with E-state index in [-0.39, 0.29) is 23.4 Å². The lowest BCUT2D eigenvalue weighted by Gasteiger charge is -2.41. The van der Waals surface area contributed by atoms with Crippen molar-refractivity contribution >= 4 is 11.7 Å². The first-order chi connectivity index (χ1) is 17.8. The van der Waals surface area contributed by atoms with Gasteiger partial charge in [0.1, 0.15) is 11.6 Å². The number of hydrogen-bond donors (Lipinski definition) is 0. The summed E-state index contributed by atoms with van der Waals surface area (Å²) < 4.78 is 13.4. The summed E-state index contributed by atoms with van der Waals surface area (Å²) in [5.74, 6) is 0.302. The summed E-state index contributed by atoms with van der Waals surface area (Å²) in [4.78, 5) is 30.9. The van der Waals surface area contributed by atoms with Crippen molar-refractivity contribution in [3.63, 3.8) is 0 Å². The van der Waals surface area contributed by atoms with Crippen LogP contribution in [0.2, 0.25) is 0 Å². The molecule has 1 aliphatic heterocycles. The molecule has 3 aromatic carbocycles. The average molecular weight is 499 g/mol. The highest BCUT2D eigenvalue weighted by molar-refractivity contribution is 5.92. The number of benzene rings is 3. The molecular weight excluding hydrogens is 463 g/mol. The summed E-state index contributed by atoms with van der Waals surface area (Å²) in [6.45, 7) is 4.70. The van der Waals surface area contributed by atoms with Gasteiger partial charge in [0.2, 0.25) is 5.91 Å². The molecule has 1 saturated carbocycles. The van der Waals surface area contributed by atoms with Gasteiger partial charge in [0.25, 0.3) is 0 Å². The summed E-state index contributed by atoms with van der Waals surface area (Å²) in [5, 5.41) is 0. The lowest BCUT2D eigenvalue weighted by molar-refractivity contribution is -0.133. The predicted molar refractivity (Wildman–Crippen MR) is 144 cm³/mol. The van der Waals surface area contributed by atoms with Gasteiger partial charge in [0.05, 0.1) is 10.8 Å². The first kappa shape index (κ1) is 25.3. The summed E-state index contributed by atoms with van der Waals surface area (Å²) in [6, 6.07) is 26.6. The number of carbonyl (C=O) groups is 2. The summed E-state index contributed by atoms with van der Waals surface area (Å²) >= 11 is 0. The van der Waals surface area contributed by atoms with Crippen molar-refractivity contribution in [3.8, 4) is 0 Å². The molecule has 0 bridgehead atoms. The van der Waals surface area contributed by atoms with Gasteiger partial charge in [-0.1, -0.05) is 72.8 Å². The van der Waals surface area contributed by atoms with Crippen LogP contribution in [-0.4, -0.2) is 48.2 Å². The van der Waals surface area contributed by atoms with Crippen LogP contribution in [0.4, 0.5) is 4.39 Å². The number of Topliss-reactive ketones (excluding diaryl/α,β-unsaturated/α-hetero) is 1. The molecule has 5 heteroatoms. The SMILES string of the molecule is CC(=O)C1(c2ccccc2)CCN(C[C@@H]2C[C@@]2(C(=O)N(C)Cc2ccc(F)cc2)c2ccccc2)CC1. The quantitative estimate of drug-likeness (QED) is 0.420. The molecule has 0 spiro atoms. The van der Waals surface area contributed by atoms with E-state index in [2.05, 4.69) is 29.2 Å². The molecule has 1 aliphatic carbocycles. The van der Waals surface area contributed by atoms with Gasteiger partial charge < -0.3 is 9.80 Å². The molecule has 2 atom stereocenters. The summed E-state index contributed by atoms with van der Waals surface area (Å²) in [7, 11) is 1.84. The van der Waals surface area contributed by atoms with Crippen molar-refractivity contribution < 1.29 is 14.0 Å². The molecule has 1 saturated heterocycles. The number of likely N-dealkylation sites (tertiary alicyclic amines) is 1. The Morgan fingerprint density at radius 2 is 1.46 bits per heavy atom. The number of piperidine rings is 1. The molecule has 1 amide bonds. The van der Waals surface area contributed by atoms with Crippen LogP contribution >= 0.6 is 0 Å². The molecule has 0 radical (unpaired) electrons. The Bertz CT molecular complexity index is 1240. The van der Waals surface area contributed by atoms with Crippen molar-refractivity contribution in [1.82, 2.24) is 9.80 Å². The highest BCUT2D eigenvalue weighted by Crippen LogP contribution is 2.56. The first-order valence-electron chi connectivity index (χ1n) is 13.2. The van der Waals surface area contributed by atoms with E-state index in [9.17, 15) is 14.0 Å². The summed E-state index contributed by atoms with van der Waals surface area (Å²) in [6.07, 6.45) is 2.42. The smallest absolute Gasteiger partial charge is 0.233 e. The third-order valence-corrected chi connectivity index (χ3v) is 8.64. The maximum atomic E-state index is 13.9. The Morgan fingerprint density at radius 1 is 0.892 bits per heavy atom. The number of carbonyl (C=O) groups excluding carboxylic acids is 2. The fourth-order valence-corrected chi connectivity index (χ4v) is 6.33. The maximum Gasteiger partial charge on any atom is 0.233 e. The molecule has 1 heterocycles. The third kappa shape index (κ3) is 4.85. The number of likely N-dealkylation sites (N-methyl/N-ethyl adjacent to an activating group) is 1. The lowest BCUT2D eigenvalue weighted by atomic mass is 9.70. The molecule has 0 aromatic heterocycles. The zero-order chi connectivity index (χ0) is 26.0. The number of halogens is 1. The molecule has 0 unspecified atom stereocenters. The summed E-state index contributed by atoms with van der Waals surface area (Å²) in [5.41, 5.74) is 2.14. The van der Waals surface area contributed by atoms with E-state index < -0.39 is 10.8 Å². The number of hydrogen-bond acceptors (Lipinski definition) is 3. The van der Waals surface area contributed by atoms with E-state index in [1.54, 1.807) is 24.0 Å². The minimum absolute atomic E-state index is 0.118. The van der Waals surface area contributed by atoms with Gasteiger partial charge in [-0.05, 0) is 74.0 Å². The Hall–Kier alpha value is -3.31. The Balaban J connectivity index is 1.30. The standard InChI is InChI=1S/C32H35FN2O2/c1-24(36)31(26-9-5-3-6-10-26)17-19-35(20-18-31)23-28-21-32(28,27-11-7-4-8-12-27)30(37)34(2)22-25-13-15-29(33)16-14-25/h3-16,28H,17-23H2,1-2H3/t28-,32+/m0/s1. The van der Waals surface area contributed by atoms with Gasteiger partial charge in [-0.25, -0.2) is 4.39 Å². The molecule has 3 aromatic rings. The molecule has 5 rings (SSSR count). The van der Waals surface area contributed by atoms with Crippen LogP contribution in [-0.2, 0) is 27.0 Å². The molecule has 0 N–H and O–H groups in total. The van der Waals surface area contributed by atoms with Gasteiger partial charge in [-0.15, -0.1) is 0 Å². The van der Waals surface area contributed by atoms with Gasteiger partial charge in [-0.2, -0.15) is 0 Å². The second-order valence-corrected chi connectivity index (χ2v) is 10.8. The minimum atomic E-state index is -0.537.